The van der Waals surface area contributed by atoms with Crippen LogP contribution in [0.3, 0.4) is 0 Å². The Morgan fingerprint density at radius 2 is 1.06 bits per heavy atom. The third kappa shape index (κ3) is 8.20. The predicted molar refractivity (Wildman–Crippen MR) is 73.1 cm³/mol. The van der Waals surface area contributed by atoms with Gasteiger partial charge < -0.3 is 0 Å². The fourth-order valence-electron chi connectivity index (χ4n) is 2.16. The van der Waals surface area contributed by atoms with Crippen LogP contribution >= 0.6 is 11.8 Å². The van der Waals surface area contributed by atoms with E-state index in [-0.39, 0.29) is 0 Å². The first-order chi connectivity index (χ1) is 7.89. The molecule has 1 nitrogen and oxygen atoms in total. The highest BCUT2D eigenvalue weighted by Crippen LogP contribution is 2.14. The highest BCUT2D eigenvalue weighted by atomic mass is 32.2. The zero-order valence-corrected chi connectivity index (χ0v) is 11.3. The summed E-state index contributed by atoms with van der Waals surface area (Å²) in [5.74, 6) is 3.15. The summed E-state index contributed by atoms with van der Waals surface area (Å²) in [5.41, 5.74) is 0. The minimum Gasteiger partial charge on any atom is -0.300 e. The molecule has 1 saturated heterocycles. The quantitative estimate of drug-likeness (QED) is 0.618. The molecule has 0 unspecified atom stereocenters. The average molecular weight is 242 g/mol. The van der Waals surface area contributed by atoms with Crippen molar-refractivity contribution in [1.82, 2.24) is 0 Å². The Balaban J connectivity index is 2.13. The lowest BCUT2D eigenvalue weighted by molar-refractivity contribution is -0.119. The molecule has 0 spiro atoms. The molecular formula is C14H26OS. The second-order valence-electron chi connectivity index (χ2n) is 4.83. The molecule has 1 aliphatic heterocycles. The monoisotopic (exact) mass is 242 g/mol. The van der Waals surface area contributed by atoms with E-state index < -0.39 is 0 Å². The Bertz CT molecular complexity index is 162. The molecule has 1 aliphatic rings. The molecule has 1 rings (SSSR count). The molecule has 1 heterocycles. The van der Waals surface area contributed by atoms with Gasteiger partial charge in [0.15, 0.2) is 0 Å². The van der Waals surface area contributed by atoms with Crippen molar-refractivity contribution in [3.63, 3.8) is 0 Å². The average Bonchev–Trinajstić information content (AvgIpc) is 2.29. The van der Waals surface area contributed by atoms with E-state index >= 15 is 0 Å². The van der Waals surface area contributed by atoms with E-state index in [9.17, 15) is 4.79 Å². The smallest absolute Gasteiger partial charge is 0.132 e. The minimum absolute atomic E-state index is 0.502. The van der Waals surface area contributed by atoms with Gasteiger partial charge in [-0.25, -0.2) is 0 Å². The van der Waals surface area contributed by atoms with Crippen molar-refractivity contribution in [2.24, 2.45) is 0 Å². The lowest BCUT2D eigenvalue weighted by Crippen LogP contribution is -1.97. The zero-order chi connectivity index (χ0) is 11.5. The third-order valence-corrected chi connectivity index (χ3v) is 4.39. The number of carbonyl (C=O) groups excluding carboxylic acids is 1. The Morgan fingerprint density at radius 1 is 0.625 bits per heavy atom. The molecule has 0 radical (unpaired) electrons. The van der Waals surface area contributed by atoms with Crippen LogP contribution < -0.4 is 0 Å². The van der Waals surface area contributed by atoms with Gasteiger partial charge in [0.2, 0.25) is 0 Å². The van der Waals surface area contributed by atoms with E-state index in [1.54, 1.807) is 0 Å². The van der Waals surface area contributed by atoms with Crippen molar-refractivity contribution in [3.8, 4) is 0 Å². The van der Waals surface area contributed by atoms with Crippen molar-refractivity contribution in [2.45, 2.75) is 70.6 Å². The molecule has 16 heavy (non-hydrogen) atoms. The van der Waals surface area contributed by atoms with Crippen LogP contribution in [0, 0.1) is 0 Å². The first-order valence-electron chi connectivity index (χ1n) is 6.99. The van der Waals surface area contributed by atoms with Crippen molar-refractivity contribution in [3.05, 3.63) is 0 Å². The van der Waals surface area contributed by atoms with Gasteiger partial charge in [-0.1, -0.05) is 32.1 Å². The topological polar surface area (TPSA) is 17.1 Å². The molecule has 0 aromatic carbocycles. The van der Waals surface area contributed by atoms with Crippen LogP contribution in [0.2, 0.25) is 0 Å². The summed E-state index contributed by atoms with van der Waals surface area (Å²) in [5, 5.41) is 0. The maximum Gasteiger partial charge on any atom is 0.132 e. The van der Waals surface area contributed by atoms with Crippen LogP contribution in [0.25, 0.3) is 0 Å². The number of ketones is 1. The summed E-state index contributed by atoms with van der Waals surface area (Å²) in [6.45, 7) is 0. The molecule has 94 valence electrons. The standard InChI is InChI=1S/C14H26OS/c15-14-10-6-3-1-2-4-8-12-16-13-9-5-7-11-14/h1-13H2. The maximum absolute atomic E-state index is 11.5. The summed E-state index contributed by atoms with van der Waals surface area (Å²) >= 11 is 2.10. The molecule has 0 aromatic heterocycles. The second-order valence-corrected chi connectivity index (χ2v) is 6.06. The number of hydrogen-bond acceptors (Lipinski definition) is 2. The fourth-order valence-corrected chi connectivity index (χ4v) is 3.18. The van der Waals surface area contributed by atoms with Gasteiger partial charge >= 0.3 is 0 Å². The van der Waals surface area contributed by atoms with Gasteiger partial charge in [-0.15, -0.1) is 0 Å². The lowest BCUT2D eigenvalue weighted by Gasteiger charge is -2.01. The van der Waals surface area contributed by atoms with Crippen LogP contribution in [-0.2, 0) is 4.79 Å². The van der Waals surface area contributed by atoms with Crippen LogP contribution in [0.5, 0.6) is 0 Å². The first kappa shape index (κ1) is 14.1. The van der Waals surface area contributed by atoms with E-state index in [1.165, 1.54) is 56.5 Å². The number of carbonyl (C=O) groups is 1. The summed E-state index contributed by atoms with van der Waals surface area (Å²) in [7, 11) is 0. The van der Waals surface area contributed by atoms with Gasteiger partial charge in [-0.2, -0.15) is 11.8 Å². The molecule has 0 N–H and O–H groups in total. The van der Waals surface area contributed by atoms with Crippen molar-refractivity contribution < 1.29 is 4.79 Å². The summed E-state index contributed by atoms with van der Waals surface area (Å²) in [6, 6.07) is 0. The first-order valence-corrected chi connectivity index (χ1v) is 8.14. The number of thioether (sulfide) groups is 1. The minimum atomic E-state index is 0.502. The molecule has 0 aliphatic carbocycles. The van der Waals surface area contributed by atoms with E-state index in [1.807, 2.05) is 0 Å². The molecule has 0 amide bonds. The summed E-state index contributed by atoms with van der Waals surface area (Å²) in [6.07, 6.45) is 13.2. The Morgan fingerprint density at radius 3 is 1.69 bits per heavy atom. The van der Waals surface area contributed by atoms with Gasteiger partial charge in [0.05, 0.1) is 0 Å². The van der Waals surface area contributed by atoms with Crippen LogP contribution in [0.15, 0.2) is 0 Å². The normalized spacial score (nSPS) is 23.4. The van der Waals surface area contributed by atoms with E-state index in [4.69, 9.17) is 0 Å². The maximum atomic E-state index is 11.5. The molecule has 0 saturated carbocycles. The van der Waals surface area contributed by atoms with E-state index in [0.29, 0.717) is 5.78 Å². The Kier molecular flexibility index (Phi) is 8.97. The molecule has 2 heteroatoms. The third-order valence-electron chi connectivity index (χ3n) is 3.24. The van der Waals surface area contributed by atoms with Crippen LogP contribution in [0.1, 0.15) is 70.6 Å². The number of rotatable bonds is 0. The van der Waals surface area contributed by atoms with Gasteiger partial charge in [-0.05, 0) is 37.2 Å². The SMILES string of the molecule is O=C1CCCCCCCCSCCCCC1. The van der Waals surface area contributed by atoms with Crippen LogP contribution in [0.4, 0.5) is 0 Å². The van der Waals surface area contributed by atoms with Crippen molar-refractivity contribution >= 4 is 17.5 Å². The molecule has 0 atom stereocenters. The largest absolute Gasteiger partial charge is 0.300 e. The molecule has 0 bridgehead atoms. The molecule has 1 fully saturated rings. The highest BCUT2D eigenvalue weighted by Gasteiger charge is 2.02. The summed E-state index contributed by atoms with van der Waals surface area (Å²) < 4.78 is 0. The fraction of sp³-hybridized carbons (Fsp3) is 0.929. The van der Waals surface area contributed by atoms with Crippen molar-refractivity contribution in [1.29, 1.82) is 0 Å². The summed E-state index contributed by atoms with van der Waals surface area (Å²) in [4.78, 5) is 11.5. The van der Waals surface area contributed by atoms with Crippen LogP contribution in [-0.4, -0.2) is 17.3 Å². The van der Waals surface area contributed by atoms with Gasteiger partial charge in [0.25, 0.3) is 0 Å². The van der Waals surface area contributed by atoms with Gasteiger partial charge in [-0.3, -0.25) is 4.79 Å². The predicted octanol–water partition coefficient (Wildman–Crippen LogP) is 4.59. The van der Waals surface area contributed by atoms with Gasteiger partial charge in [0.1, 0.15) is 5.78 Å². The number of Topliss-reactive ketones (excluding diaryl/α,β-unsaturated/α-hetero) is 1. The second kappa shape index (κ2) is 10.2. The van der Waals surface area contributed by atoms with E-state index in [0.717, 1.165) is 25.7 Å². The molecular weight excluding hydrogens is 216 g/mol. The molecule has 0 aromatic rings. The Labute approximate surface area is 105 Å². The highest BCUT2D eigenvalue weighted by molar-refractivity contribution is 7.99. The zero-order valence-electron chi connectivity index (χ0n) is 10.5. The number of hydrogen-bond donors (Lipinski definition) is 0. The van der Waals surface area contributed by atoms with Gasteiger partial charge in [0, 0.05) is 12.8 Å². The Hall–Kier alpha value is 0.0200. The van der Waals surface area contributed by atoms with E-state index in [2.05, 4.69) is 11.8 Å². The lowest BCUT2D eigenvalue weighted by atomic mass is 10.0. The van der Waals surface area contributed by atoms with Crippen molar-refractivity contribution in [2.75, 3.05) is 11.5 Å².